The highest BCUT2D eigenvalue weighted by Gasteiger charge is 2.27. The number of carbonyl (C=O) groups is 2. The second-order valence-electron chi connectivity index (χ2n) is 6.19. The molecule has 0 bridgehead atoms. The van der Waals surface area contributed by atoms with Gasteiger partial charge in [-0.1, -0.05) is 23.4 Å². The Bertz CT molecular complexity index is 1100. The molecular weight excluding hydrogens is 380 g/mol. The van der Waals surface area contributed by atoms with Crippen molar-refractivity contribution in [1.29, 1.82) is 0 Å². The number of ether oxygens (including phenoxy) is 1. The van der Waals surface area contributed by atoms with Gasteiger partial charge in [0.25, 0.3) is 5.69 Å². The summed E-state index contributed by atoms with van der Waals surface area (Å²) < 4.78 is 6.07. The first kappa shape index (κ1) is 19.7. The van der Waals surface area contributed by atoms with Gasteiger partial charge in [-0.2, -0.15) is 0 Å². The van der Waals surface area contributed by atoms with Crippen LogP contribution in [-0.4, -0.2) is 38.8 Å². The van der Waals surface area contributed by atoms with Gasteiger partial charge in [-0.15, -0.1) is 5.10 Å². The van der Waals surface area contributed by atoms with Crippen LogP contribution in [0.25, 0.3) is 0 Å². The van der Waals surface area contributed by atoms with Crippen molar-refractivity contribution in [3.63, 3.8) is 0 Å². The Morgan fingerprint density at radius 2 is 1.86 bits per heavy atom. The standard InChI is InChI=1S/C19H16N4O6/c1-11-3-8-14(15(9-11)23(27)28)18(24)16-17(19(25)26)22(21-20-16)10-12-4-6-13(29-2)7-5-12/h3-9H,10H2,1-2H3,(H,25,26)/p-1. The topological polar surface area (TPSA) is 140 Å². The van der Waals surface area contributed by atoms with Crippen LogP contribution >= 0.6 is 0 Å². The fourth-order valence-electron chi connectivity index (χ4n) is 2.79. The second kappa shape index (κ2) is 7.89. The van der Waals surface area contributed by atoms with Crippen molar-refractivity contribution < 1.29 is 24.4 Å². The van der Waals surface area contributed by atoms with E-state index in [1.165, 1.54) is 25.3 Å². The van der Waals surface area contributed by atoms with Gasteiger partial charge >= 0.3 is 0 Å². The highest BCUT2D eigenvalue weighted by molar-refractivity contribution is 6.14. The highest BCUT2D eigenvalue weighted by atomic mass is 16.6. The monoisotopic (exact) mass is 395 g/mol. The van der Waals surface area contributed by atoms with Gasteiger partial charge in [0.05, 0.1) is 24.5 Å². The van der Waals surface area contributed by atoms with Crippen LogP contribution in [0.5, 0.6) is 5.75 Å². The Kier molecular flexibility index (Phi) is 5.35. The maximum absolute atomic E-state index is 12.8. The Hall–Kier alpha value is -4.08. The summed E-state index contributed by atoms with van der Waals surface area (Å²) in [6.07, 6.45) is 0. The predicted octanol–water partition coefficient (Wildman–Crippen LogP) is 1.15. The van der Waals surface area contributed by atoms with E-state index in [0.717, 1.165) is 4.68 Å². The van der Waals surface area contributed by atoms with E-state index < -0.39 is 33.8 Å². The number of hydrogen-bond donors (Lipinski definition) is 0. The number of methoxy groups -OCH3 is 1. The third-order valence-corrected chi connectivity index (χ3v) is 4.23. The van der Waals surface area contributed by atoms with E-state index in [1.807, 2.05) is 0 Å². The van der Waals surface area contributed by atoms with Crippen molar-refractivity contribution in [2.75, 3.05) is 7.11 Å². The molecule has 0 fully saturated rings. The van der Waals surface area contributed by atoms with Crippen molar-refractivity contribution in [1.82, 2.24) is 15.0 Å². The third kappa shape index (κ3) is 3.95. The molecule has 3 aromatic rings. The molecule has 1 aromatic heterocycles. The van der Waals surface area contributed by atoms with Gasteiger partial charge in [-0.3, -0.25) is 14.9 Å². The number of carboxylic acids is 1. The molecule has 0 aliphatic rings. The maximum Gasteiger partial charge on any atom is 0.280 e. The summed E-state index contributed by atoms with van der Waals surface area (Å²) in [6, 6.07) is 10.8. The number of aromatic nitrogens is 3. The molecule has 0 unspecified atom stereocenters. The SMILES string of the molecule is COc1ccc(Cn2nnc(C(=O)c3ccc(C)cc3[N+](=O)[O-])c2C(=O)[O-])cc1. The zero-order valence-corrected chi connectivity index (χ0v) is 15.5. The largest absolute Gasteiger partial charge is 0.543 e. The molecule has 29 heavy (non-hydrogen) atoms. The fourth-order valence-corrected chi connectivity index (χ4v) is 2.79. The number of hydrogen-bond acceptors (Lipinski definition) is 8. The average molecular weight is 395 g/mol. The van der Waals surface area contributed by atoms with Crippen molar-refractivity contribution in [3.05, 3.63) is 80.7 Å². The van der Waals surface area contributed by atoms with Crippen LogP contribution in [0.3, 0.4) is 0 Å². The van der Waals surface area contributed by atoms with Gasteiger partial charge < -0.3 is 14.6 Å². The van der Waals surface area contributed by atoms with Gasteiger partial charge in [-0.05, 0) is 36.2 Å². The van der Waals surface area contributed by atoms with E-state index >= 15 is 0 Å². The summed E-state index contributed by atoms with van der Waals surface area (Å²) >= 11 is 0. The van der Waals surface area contributed by atoms with E-state index in [0.29, 0.717) is 16.9 Å². The van der Waals surface area contributed by atoms with Crippen LogP contribution in [0.15, 0.2) is 42.5 Å². The van der Waals surface area contributed by atoms with Crippen LogP contribution in [-0.2, 0) is 6.54 Å². The van der Waals surface area contributed by atoms with E-state index in [9.17, 15) is 24.8 Å². The minimum absolute atomic E-state index is 0.00355. The van der Waals surface area contributed by atoms with Crippen molar-refractivity contribution in [2.45, 2.75) is 13.5 Å². The molecule has 10 nitrogen and oxygen atoms in total. The molecule has 10 heteroatoms. The highest BCUT2D eigenvalue weighted by Crippen LogP contribution is 2.24. The molecule has 1 heterocycles. The van der Waals surface area contributed by atoms with Crippen LogP contribution in [0.1, 0.15) is 37.7 Å². The summed E-state index contributed by atoms with van der Waals surface area (Å²) in [5, 5.41) is 30.4. The number of rotatable bonds is 7. The molecule has 3 rings (SSSR count). The van der Waals surface area contributed by atoms with E-state index in [4.69, 9.17) is 4.74 Å². The third-order valence-electron chi connectivity index (χ3n) is 4.23. The molecular formula is C19H15N4O6-. The molecule has 148 valence electrons. The van der Waals surface area contributed by atoms with Gasteiger partial charge in [0.1, 0.15) is 17.0 Å². The number of aryl methyl sites for hydroxylation is 1. The summed E-state index contributed by atoms with van der Waals surface area (Å²) in [5.74, 6) is -1.96. The van der Waals surface area contributed by atoms with E-state index in [-0.39, 0.29) is 12.1 Å². The molecule has 0 spiro atoms. The van der Waals surface area contributed by atoms with Crippen molar-refractivity contribution >= 4 is 17.4 Å². The van der Waals surface area contributed by atoms with Gasteiger partial charge in [0.2, 0.25) is 5.78 Å². The number of nitro benzene ring substituents is 1. The average Bonchev–Trinajstić information content (AvgIpc) is 3.11. The van der Waals surface area contributed by atoms with Crippen molar-refractivity contribution in [3.8, 4) is 5.75 Å². The van der Waals surface area contributed by atoms with E-state index in [2.05, 4.69) is 10.3 Å². The molecule has 0 radical (unpaired) electrons. The fraction of sp³-hybridized carbons (Fsp3) is 0.158. The zero-order chi connectivity index (χ0) is 21.1. The van der Waals surface area contributed by atoms with Crippen LogP contribution in [0, 0.1) is 17.0 Å². The molecule has 0 N–H and O–H groups in total. The first-order chi connectivity index (χ1) is 13.8. The Labute approximate surface area is 164 Å². The van der Waals surface area contributed by atoms with Crippen LogP contribution in [0.4, 0.5) is 5.69 Å². The normalized spacial score (nSPS) is 10.6. The lowest BCUT2D eigenvalue weighted by Gasteiger charge is -2.09. The van der Waals surface area contributed by atoms with Crippen LogP contribution in [0.2, 0.25) is 0 Å². The lowest BCUT2D eigenvalue weighted by Crippen LogP contribution is -2.28. The summed E-state index contributed by atoms with van der Waals surface area (Å²) in [5.41, 5.74) is -0.537. The molecule has 2 aromatic carbocycles. The first-order valence-electron chi connectivity index (χ1n) is 8.39. The summed E-state index contributed by atoms with van der Waals surface area (Å²) in [7, 11) is 1.52. The minimum Gasteiger partial charge on any atom is -0.543 e. The number of nitrogens with zero attached hydrogens (tertiary/aromatic N) is 4. The van der Waals surface area contributed by atoms with Crippen molar-refractivity contribution in [2.24, 2.45) is 0 Å². The maximum atomic E-state index is 12.8. The predicted molar refractivity (Wildman–Crippen MR) is 97.7 cm³/mol. The smallest absolute Gasteiger partial charge is 0.280 e. The van der Waals surface area contributed by atoms with Gasteiger partial charge in [-0.25, -0.2) is 4.68 Å². The Balaban J connectivity index is 2.02. The van der Waals surface area contributed by atoms with E-state index in [1.54, 1.807) is 31.2 Å². The molecule has 0 aliphatic heterocycles. The number of carbonyl (C=O) groups excluding carboxylic acids is 2. The summed E-state index contributed by atoms with van der Waals surface area (Å²) in [6.45, 7) is 1.64. The molecule has 0 saturated carbocycles. The quantitative estimate of drug-likeness (QED) is 0.329. The first-order valence-corrected chi connectivity index (χ1v) is 8.39. The number of carboxylic acid groups (broad SMARTS) is 1. The summed E-state index contributed by atoms with van der Waals surface area (Å²) in [4.78, 5) is 35.1. The molecule has 0 atom stereocenters. The minimum atomic E-state index is -1.67. The molecule has 0 amide bonds. The van der Waals surface area contributed by atoms with Crippen LogP contribution < -0.4 is 9.84 Å². The molecule has 0 aliphatic carbocycles. The molecule has 0 saturated heterocycles. The van der Waals surface area contributed by atoms with Gasteiger partial charge in [0, 0.05) is 6.07 Å². The number of benzene rings is 2. The lowest BCUT2D eigenvalue weighted by atomic mass is 10.0. The Morgan fingerprint density at radius 1 is 1.17 bits per heavy atom. The number of aromatic carboxylic acids is 1. The van der Waals surface area contributed by atoms with Gasteiger partial charge in [0.15, 0.2) is 5.69 Å². The second-order valence-corrected chi connectivity index (χ2v) is 6.19. The number of nitro groups is 1. The zero-order valence-electron chi connectivity index (χ0n) is 15.5. The lowest BCUT2D eigenvalue weighted by molar-refractivity contribution is -0.385. The Morgan fingerprint density at radius 3 is 2.45 bits per heavy atom. The number of ketones is 1.